The first-order valence-electron chi connectivity index (χ1n) is 9.67. The Morgan fingerprint density at radius 3 is 2.48 bits per heavy atom. The maximum Gasteiger partial charge on any atom is 0.408 e. The van der Waals surface area contributed by atoms with Gasteiger partial charge in [0.25, 0.3) is 5.91 Å². The van der Waals surface area contributed by atoms with Gasteiger partial charge in [-0.05, 0) is 40.2 Å². The van der Waals surface area contributed by atoms with Crippen molar-refractivity contribution in [2.24, 2.45) is 0 Å². The summed E-state index contributed by atoms with van der Waals surface area (Å²) in [6.45, 7) is 9.21. The molecule has 8 nitrogen and oxygen atoms in total. The lowest BCUT2D eigenvalue weighted by molar-refractivity contribution is -0.168. The van der Waals surface area contributed by atoms with Crippen molar-refractivity contribution in [3.63, 3.8) is 0 Å². The van der Waals surface area contributed by atoms with Crippen LogP contribution in [0.3, 0.4) is 0 Å². The van der Waals surface area contributed by atoms with Crippen LogP contribution in [0.2, 0.25) is 0 Å². The number of Topliss-reactive ketones (excluding diaryl/α,β-unsaturated/α-hetero) is 1. The van der Waals surface area contributed by atoms with Crippen LogP contribution in [0.5, 0.6) is 0 Å². The molecule has 2 fully saturated rings. The molecule has 158 valence electrons. The van der Waals surface area contributed by atoms with Gasteiger partial charge in [0.05, 0.1) is 12.6 Å². The Balaban J connectivity index is 1.82. The Morgan fingerprint density at radius 2 is 1.93 bits per heavy atom. The van der Waals surface area contributed by atoms with Gasteiger partial charge in [0.15, 0.2) is 5.79 Å². The molecular weight excluding hydrogens is 376 g/mol. The molecule has 8 heteroatoms. The van der Waals surface area contributed by atoms with Gasteiger partial charge in [0, 0.05) is 6.54 Å². The summed E-state index contributed by atoms with van der Waals surface area (Å²) in [5, 5.41) is 2.74. The van der Waals surface area contributed by atoms with E-state index in [-0.39, 0.29) is 13.2 Å². The number of nitrogens with one attached hydrogen (secondary N) is 1. The summed E-state index contributed by atoms with van der Waals surface area (Å²) in [5.41, 5.74) is 0.183. The first-order valence-corrected chi connectivity index (χ1v) is 9.67. The van der Waals surface area contributed by atoms with Crippen molar-refractivity contribution in [2.75, 3.05) is 6.61 Å². The standard InChI is InChI=1S/C21H28N2O6/c1-20(2,3)29-19(26)22-15(14-12-27-21(4,5)28-14)16-17(24)18(25)23(16)11-13-9-7-6-8-10-13/h6-10,14-16H,11-12H2,1-5H3,(H,22,26)/t14-,15+,16-/m1/s1. The van der Waals surface area contributed by atoms with E-state index in [0.29, 0.717) is 0 Å². The van der Waals surface area contributed by atoms with Crippen molar-refractivity contribution >= 4 is 17.8 Å². The van der Waals surface area contributed by atoms with E-state index in [1.54, 1.807) is 34.6 Å². The van der Waals surface area contributed by atoms with Crippen molar-refractivity contribution in [1.82, 2.24) is 10.2 Å². The van der Waals surface area contributed by atoms with Crippen LogP contribution in [0.1, 0.15) is 40.2 Å². The Labute approximate surface area is 170 Å². The topological polar surface area (TPSA) is 94.2 Å². The average Bonchev–Trinajstić information content (AvgIpc) is 2.99. The fourth-order valence-corrected chi connectivity index (χ4v) is 3.49. The van der Waals surface area contributed by atoms with E-state index < -0.39 is 47.4 Å². The highest BCUT2D eigenvalue weighted by atomic mass is 16.7. The lowest BCUT2D eigenvalue weighted by Gasteiger charge is -2.44. The summed E-state index contributed by atoms with van der Waals surface area (Å²) >= 11 is 0. The molecule has 0 spiro atoms. The second-order valence-electron chi connectivity index (χ2n) is 8.77. The molecule has 0 aromatic heterocycles. The van der Waals surface area contributed by atoms with E-state index in [2.05, 4.69) is 5.32 Å². The van der Waals surface area contributed by atoms with Crippen molar-refractivity contribution in [3.05, 3.63) is 35.9 Å². The van der Waals surface area contributed by atoms with Gasteiger partial charge in [-0.3, -0.25) is 9.59 Å². The maximum atomic E-state index is 12.5. The number of likely N-dealkylation sites (tertiary alicyclic amines) is 1. The Kier molecular flexibility index (Phi) is 5.69. The number of hydrogen-bond acceptors (Lipinski definition) is 6. The lowest BCUT2D eigenvalue weighted by Crippen LogP contribution is -2.71. The number of alkyl carbamates (subject to hydrolysis) is 1. The van der Waals surface area contributed by atoms with Gasteiger partial charge in [-0.2, -0.15) is 0 Å². The average molecular weight is 404 g/mol. The molecule has 1 aromatic carbocycles. The minimum Gasteiger partial charge on any atom is -0.444 e. The minimum atomic E-state index is -0.849. The molecular formula is C21H28N2O6. The summed E-state index contributed by atoms with van der Waals surface area (Å²) in [6, 6.07) is 7.72. The van der Waals surface area contributed by atoms with Gasteiger partial charge in [0.2, 0.25) is 5.78 Å². The van der Waals surface area contributed by atoms with Crippen LogP contribution < -0.4 is 5.32 Å². The molecule has 29 heavy (non-hydrogen) atoms. The zero-order chi connectivity index (χ0) is 21.4. The van der Waals surface area contributed by atoms with E-state index in [4.69, 9.17) is 14.2 Å². The summed E-state index contributed by atoms with van der Waals surface area (Å²) in [7, 11) is 0. The molecule has 1 N–H and O–H groups in total. The molecule has 3 rings (SSSR count). The summed E-state index contributed by atoms with van der Waals surface area (Å²) in [6.07, 6.45) is -1.28. The van der Waals surface area contributed by atoms with E-state index >= 15 is 0 Å². The second kappa shape index (κ2) is 7.76. The van der Waals surface area contributed by atoms with Crippen molar-refractivity contribution in [2.45, 2.75) is 70.7 Å². The lowest BCUT2D eigenvalue weighted by atomic mass is 9.88. The zero-order valence-electron chi connectivity index (χ0n) is 17.4. The number of carbonyl (C=O) groups is 3. The van der Waals surface area contributed by atoms with Crippen LogP contribution in [0.4, 0.5) is 4.79 Å². The Hall–Kier alpha value is -2.45. The predicted octanol–water partition coefficient (Wildman–Crippen LogP) is 2.01. The summed E-state index contributed by atoms with van der Waals surface area (Å²) in [5.74, 6) is -1.98. The van der Waals surface area contributed by atoms with Crippen molar-refractivity contribution in [1.29, 1.82) is 0 Å². The fraction of sp³-hybridized carbons (Fsp3) is 0.571. The third-order valence-electron chi connectivity index (χ3n) is 4.73. The Morgan fingerprint density at radius 1 is 1.28 bits per heavy atom. The molecule has 0 bridgehead atoms. The molecule has 2 heterocycles. The van der Waals surface area contributed by atoms with Crippen LogP contribution in [-0.4, -0.2) is 58.9 Å². The van der Waals surface area contributed by atoms with Crippen molar-refractivity contribution < 1.29 is 28.6 Å². The van der Waals surface area contributed by atoms with E-state index in [1.165, 1.54) is 4.90 Å². The van der Waals surface area contributed by atoms with E-state index in [1.807, 2.05) is 30.3 Å². The molecule has 3 atom stereocenters. The van der Waals surface area contributed by atoms with Gasteiger partial charge >= 0.3 is 6.09 Å². The fourth-order valence-electron chi connectivity index (χ4n) is 3.49. The quantitative estimate of drug-likeness (QED) is 0.596. The highest BCUT2D eigenvalue weighted by Crippen LogP contribution is 2.31. The number of benzene rings is 1. The van der Waals surface area contributed by atoms with E-state index in [0.717, 1.165) is 5.56 Å². The van der Waals surface area contributed by atoms with Crippen LogP contribution in [0.25, 0.3) is 0 Å². The molecule has 0 aliphatic carbocycles. The number of nitrogens with zero attached hydrogens (tertiary/aromatic N) is 1. The minimum absolute atomic E-state index is 0.185. The first kappa shape index (κ1) is 21.3. The largest absolute Gasteiger partial charge is 0.444 e. The highest BCUT2D eigenvalue weighted by Gasteiger charge is 2.55. The third-order valence-corrected chi connectivity index (χ3v) is 4.73. The van der Waals surface area contributed by atoms with Crippen LogP contribution >= 0.6 is 0 Å². The van der Waals surface area contributed by atoms with Gasteiger partial charge in [-0.25, -0.2) is 4.79 Å². The number of ketones is 1. The SMILES string of the molecule is CC(C)(C)OC(=O)N[C@@H]([C@H]1COC(C)(C)O1)[C@@H]1C(=O)C(=O)N1Cc1ccccc1. The number of ether oxygens (including phenoxy) is 3. The van der Waals surface area contributed by atoms with Gasteiger partial charge < -0.3 is 24.4 Å². The number of rotatable bonds is 5. The number of amides is 2. The van der Waals surface area contributed by atoms with E-state index in [9.17, 15) is 14.4 Å². The number of β-lactam (4-membered cyclic amide) rings is 1. The molecule has 0 radical (unpaired) electrons. The zero-order valence-corrected chi connectivity index (χ0v) is 17.4. The Bertz CT molecular complexity index is 786. The maximum absolute atomic E-state index is 12.5. The predicted molar refractivity (Wildman–Crippen MR) is 104 cm³/mol. The molecule has 1 aromatic rings. The smallest absolute Gasteiger partial charge is 0.408 e. The molecule has 2 amide bonds. The van der Waals surface area contributed by atoms with Gasteiger partial charge in [-0.1, -0.05) is 30.3 Å². The monoisotopic (exact) mass is 404 g/mol. The molecule has 0 saturated carbocycles. The molecule has 0 unspecified atom stereocenters. The molecule has 2 aliphatic heterocycles. The first-order chi connectivity index (χ1) is 13.5. The number of hydrogen-bond donors (Lipinski definition) is 1. The summed E-state index contributed by atoms with van der Waals surface area (Å²) < 4.78 is 16.9. The van der Waals surface area contributed by atoms with Gasteiger partial charge in [-0.15, -0.1) is 0 Å². The normalized spacial score (nSPS) is 24.8. The molecule has 2 aliphatic rings. The van der Waals surface area contributed by atoms with Gasteiger partial charge in [0.1, 0.15) is 17.7 Å². The third kappa shape index (κ3) is 4.94. The highest BCUT2D eigenvalue weighted by molar-refractivity contribution is 6.44. The summed E-state index contributed by atoms with van der Waals surface area (Å²) in [4.78, 5) is 38.7. The van der Waals surface area contributed by atoms with Crippen LogP contribution in [-0.2, 0) is 30.3 Å². The van der Waals surface area contributed by atoms with Crippen LogP contribution in [0.15, 0.2) is 30.3 Å². The molecule has 2 saturated heterocycles. The van der Waals surface area contributed by atoms with Crippen molar-refractivity contribution in [3.8, 4) is 0 Å². The van der Waals surface area contributed by atoms with Crippen LogP contribution in [0, 0.1) is 0 Å². The number of carbonyl (C=O) groups excluding carboxylic acids is 3. The second-order valence-corrected chi connectivity index (χ2v) is 8.77.